The van der Waals surface area contributed by atoms with Gasteiger partial charge in [-0.25, -0.2) is 4.79 Å². The number of nitrogens with two attached hydrogens (primary N) is 1. The number of hydrogen-bond acceptors (Lipinski definition) is 4. The van der Waals surface area contributed by atoms with Crippen LogP contribution in [0, 0.1) is 0 Å². The zero-order valence-corrected chi connectivity index (χ0v) is 14.6. The molecule has 0 bridgehead atoms. The van der Waals surface area contributed by atoms with E-state index in [1.165, 1.54) is 0 Å². The van der Waals surface area contributed by atoms with Gasteiger partial charge in [0.1, 0.15) is 0 Å². The quantitative estimate of drug-likeness (QED) is 0.536. The van der Waals surface area contributed by atoms with Gasteiger partial charge in [0.05, 0.1) is 6.04 Å². The van der Waals surface area contributed by atoms with Crippen LogP contribution in [0.2, 0.25) is 0 Å². The van der Waals surface area contributed by atoms with Crippen molar-refractivity contribution in [3.63, 3.8) is 0 Å². The largest absolute Gasteiger partial charge is 0.334 e. The summed E-state index contributed by atoms with van der Waals surface area (Å²) in [6, 6.07) is 6.00. The summed E-state index contributed by atoms with van der Waals surface area (Å²) in [5.41, 5.74) is 7.07. The monoisotopic (exact) mass is 358 g/mol. The first-order valence-corrected chi connectivity index (χ1v) is 8.27. The van der Waals surface area contributed by atoms with Crippen molar-refractivity contribution >= 4 is 47.5 Å². The van der Waals surface area contributed by atoms with E-state index in [-0.39, 0.29) is 24.3 Å². The van der Waals surface area contributed by atoms with Crippen molar-refractivity contribution in [2.24, 2.45) is 5.73 Å². The summed E-state index contributed by atoms with van der Waals surface area (Å²) in [4.78, 5) is 23.3. The van der Waals surface area contributed by atoms with Crippen LogP contribution in [0.3, 0.4) is 0 Å². The Morgan fingerprint density at radius 2 is 1.83 bits per heavy atom. The number of hydrogen-bond donors (Lipinski definition) is 4. The number of nitrogens with one attached hydrogen (secondary N) is 3. The summed E-state index contributed by atoms with van der Waals surface area (Å²) < 4.78 is 0. The minimum Gasteiger partial charge on any atom is -0.334 e. The molecule has 128 valence electrons. The number of urea groups is 1. The lowest BCUT2D eigenvalue weighted by Crippen LogP contribution is -2.36. The summed E-state index contributed by atoms with van der Waals surface area (Å²) >= 11 is 1.65. The van der Waals surface area contributed by atoms with E-state index in [0.29, 0.717) is 24.3 Å². The first kappa shape index (κ1) is 21.3. The second kappa shape index (κ2) is 11.8. The van der Waals surface area contributed by atoms with Gasteiger partial charge in [-0.05, 0) is 42.7 Å². The predicted molar refractivity (Wildman–Crippen MR) is 101 cm³/mol. The Morgan fingerprint density at radius 1 is 1.26 bits per heavy atom. The number of anilines is 2. The van der Waals surface area contributed by atoms with Crippen molar-refractivity contribution in [3.05, 3.63) is 36.9 Å². The Bertz CT molecular complexity index is 511. The van der Waals surface area contributed by atoms with Crippen LogP contribution in [0.4, 0.5) is 16.2 Å². The Hall–Kier alpha value is -1.70. The molecule has 5 N–H and O–H groups in total. The second-order valence-electron chi connectivity index (χ2n) is 4.58. The zero-order valence-electron chi connectivity index (χ0n) is 13.0. The molecule has 0 spiro atoms. The summed E-state index contributed by atoms with van der Waals surface area (Å²) in [5, 5.41) is 8.03. The van der Waals surface area contributed by atoms with E-state index in [2.05, 4.69) is 22.5 Å². The molecule has 3 amide bonds. The van der Waals surface area contributed by atoms with Crippen molar-refractivity contribution in [1.29, 1.82) is 0 Å². The normalized spacial score (nSPS) is 10.9. The molecule has 1 aromatic rings. The summed E-state index contributed by atoms with van der Waals surface area (Å²) in [7, 11) is 0. The van der Waals surface area contributed by atoms with E-state index in [4.69, 9.17) is 5.73 Å². The van der Waals surface area contributed by atoms with Crippen LogP contribution in [-0.4, -0.2) is 36.5 Å². The Kier molecular flexibility index (Phi) is 10.9. The fourth-order valence-corrected chi connectivity index (χ4v) is 2.08. The highest BCUT2D eigenvalue weighted by Gasteiger charge is 2.12. The minimum absolute atomic E-state index is 0. The molecule has 1 atom stereocenters. The maximum absolute atomic E-state index is 11.9. The van der Waals surface area contributed by atoms with E-state index < -0.39 is 6.04 Å². The van der Waals surface area contributed by atoms with Crippen LogP contribution in [0.5, 0.6) is 0 Å². The first-order chi connectivity index (χ1) is 10.6. The average molecular weight is 359 g/mol. The Labute approximate surface area is 147 Å². The maximum Gasteiger partial charge on any atom is 0.319 e. The van der Waals surface area contributed by atoms with Gasteiger partial charge in [0, 0.05) is 17.9 Å². The molecule has 0 saturated heterocycles. The SMILES string of the molecule is C=CCNC(=O)Nc1ccc(NC(=O)[C@@H](N)CCSC)cc1.Cl. The number of benzene rings is 1. The number of carbonyl (C=O) groups is 2. The molecule has 0 aromatic heterocycles. The highest BCUT2D eigenvalue weighted by atomic mass is 35.5. The molecule has 8 heteroatoms. The van der Waals surface area contributed by atoms with Gasteiger partial charge in [-0.1, -0.05) is 6.08 Å². The molecule has 1 aromatic carbocycles. The van der Waals surface area contributed by atoms with E-state index in [1.807, 2.05) is 6.26 Å². The van der Waals surface area contributed by atoms with E-state index in [1.54, 1.807) is 42.1 Å². The number of halogens is 1. The number of amides is 3. The van der Waals surface area contributed by atoms with Crippen LogP contribution < -0.4 is 21.7 Å². The smallest absolute Gasteiger partial charge is 0.319 e. The second-order valence-corrected chi connectivity index (χ2v) is 5.56. The molecule has 0 saturated carbocycles. The third-order valence-corrected chi connectivity index (χ3v) is 3.43. The van der Waals surface area contributed by atoms with Crippen LogP contribution in [0.1, 0.15) is 6.42 Å². The number of carbonyl (C=O) groups excluding carboxylic acids is 2. The molecule has 23 heavy (non-hydrogen) atoms. The predicted octanol–water partition coefficient (Wildman–Crippen LogP) is 2.43. The third kappa shape index (κ3) is 8.49. The summed E-state index contributed by atoms with van der Waals surface area (Å²) in [5.74, 6) is 0.635. The third-order valence-electron chi connectivity index (χ3n) is 2.79. The van der Waals surface area contributed by atoms with E-state index in [0.717, 1.165) is 5.75 Å². The van der Waals surface area contributed by atoms with Gasteiger partial charge >= 0.3 is 6.03 Å². The maximum atomic E-state index is 11.9. The van der Waals surface area contributed by atoms with E-state index >= 15 is 0 Å². The van der Waals surface area contributed by atoms with E-state index in [9.17, 15) is 9.59 Å². The fourth-order valence-electron chi connectivity index (χ4n) is 1.59. The van der Waals surface area contributed by atoms with Gasteiger partial charge in [-0.15, -0.1) is 19.0 Å². The van der Waals surface area contributed by atoms with Crippen LogP contribution in [-0.2, 0) is 4.79 Å². The molecule has 0 heterocycles. The first-order valence-electron chi connectivity index (χ1n) is 6.88. The molecule has 1 rings (SSSR count). The molecule has 0 aliphatic rings. The molecule has 0 radical (unpaired) electrons. The standard InChI is InChI=1S/C15H22N4O2S.ClH/c1-3-9-17-15(21)19-12-6-4-11(5-7-12)18-14(20)13(16)8-10-22-2;/h3-7,13H,1,8-10,16H2,2H3,(H,18,20)(H2,17,19,21);1H/t13-;/m0./s1. The molecule has 0 fully saturated rings. The highest BCUT2D eigenvalue weighted by molar-refractivity contribution is 7.98. The average Bonchev–Trinajstić information content (AvgIpc) is 2.52. The lowest BCUT2D eigenvalue weighted by atomic mass is 10.2. The number of thioether (sulfide) groups is 1. The fraction of sp³-hybridized carbons (Fsp3) is 0.333. The molecule has 0 aliphatic heterocycles. The minimum atomic E-state index is -0.519. The van der Waals surface area contributed by atoms with Crippen LogP contribution in [0.15, 0.2) is 36.9 Å². The van der Waals surface area contributed by atoms with Gasteiger partial charge in [-0.3, -0.25) is 4.79 Å². The molecular weight excluding hydrogens is 336 g/mol. The van der Waals surface area contributed by atoms with Crippen molar-refractivity contribution in [1.82, 2.24) is 5.32 Å². The lowest BCUT2D eigenvalue weighted by Gasteiger charge is -2.12. The topological polar surface area (TPSA) is 96.2 Å². The van der Waals surface area contributed by atoms with Crippen molar-refractivity contribution < 1.29 is 9.59 Å². The number of rotatable bonds is 8. The molecule has 0 aliphatic carbocycles. The van der Waals surface area contributed by atoms with Gasteiger partial charge in [-0.2, -0.15) is 11.8 Å². The van der Waals surface area contributed by atoms with Crippen LogP contribution >= 0.6 is 24.2 Å². The van der Waals surface area contributed by atoms with Crippen molar-refractivity contribution in [2.45, 2.75) is 12.5 Å². The van der Waals surface area contributed by atoms with Gasteiger partial charge in [0.2, 0.25) is 5.91 Å². The Morgan fingerprint density at radius 3 is 2.35 bits per heavy atom. The van der Waals surface area contributed by atoms with Gasteiger partial charge < -0.3 is 21.7 Å². The zero-order chi connectivity index (χ0) is 16.4. The molecule has 6 nitrogen and oxygen atoms in total. The van der Waals surface area contributed by atoms with Gasteiger partial charge in [0.25, 0.3) is 0 Å². The molecular formula is C15H23ClN4O2S. The van der Waals surface area contributed by atoms with Gasteiger partial charge in [0.15, 0.2) is 0 Å². The summed E-state index contributed by atoms with van der Waals surface area (Å²) in [6.45, 7) is 3.91. The highest BCUT2D eigenvalue weighted by Crippen LogP contribution is 2.14. The van der Waals surface area contributed by atoms with Crippen molar-refractivity contribution in [3.8, 4) is 0 Å². The summed E-state index contributed by atoms with van der Waals surface area (Å²) in [6.07, 6.45) is 4.20. The van der Waals surface area contributed by atoms with Crippen molar-refractivity contribution in [2.75, 3.05) is 29.2 Å². The lowest BCUT2D eigenvalue weighted by molar-refractivity contribution is -0.117. The Balaban J connectivity index is 0.00000484. The molecule has 0 unspecified atom stereocenters. The van der Waals surface area contributed by atoms with Crippen LogP contribution in [0.25, 0.3) is 0 Å².